The highest BCUT2D eigenvalue weighted by atomic mass is 19.1. The largest absolute Gasteiger partial charge is 0.441 e. The Morgan fingerprint density at radius 1 is 1.35 bits per heavy atom. The quantitative estimate of drug-likeness (QED) is 0.455. The third-order valence-electron chi connectivity index (χ3n) is 5.70. The van der Waals surface area contributed by atoms with Gasteiger partial charge in [-0.1, -0.05) is 0 Å². The predicted molar refractivity (Wildman–Crippen MR) is 120 cm³/mol. The number of nitrogens with zero attached hydrogens (tertiary/aromatic N) is 4. The van der Waals surface area contributed by atoms with Crippen LogP contribution in [0.4, 0.5) is 21.0 Å². The van der Waals surface area contributed by atoms with Gasteiger partial charge in [0.2, 0.25) is 5.95 Å². The van der Waals surface area contributed by atoms with Crippen LogP contribution in [0.25, 0.3) is 5.65 Å². The number of aromatic nitrogens is 5. The number of nitrogens with one attached hydrogen (secondary N) is 3. The molecule has 0 radical (unpaired) electrons. The van der Waals surface area contributed by atoms with Gasteiger partial charge in [0, 0.05) is 37.4 Å². The van der Waals surface area contributed by atoms with Gasteiger partial charge in [0.15, 0.2) is 18.1 Å². The number of alkyl carbamates (subject to hydrolysis) is 1. The number of carbonyl (C=O) groups is 1. The summed E-state index contributed by atoms with van der Waals surface area (Å²) in [6, 6.07) is 3.55. The maximum Gasteiger partial charge on any atom is 0.407 e. The first-order valence-corrected chi connectivity index (χ1v) is 11.3. The Morgan fingerprint density at radius 3 is 2.91 bits per heavy atom. The summed E-state index contributed by atoms with van der Waals surface area (Å²) in [5.41, 5.74) is 2.97. The molecule has 0 bridgehead atoms. The molecule has 34 heavy (non-hydrogen) atoms. The second kappa shape index (κ2) is 9.18. The number of alkyl halides is 1. The van der Waals surface area contributed by atoms with Crippen molar-refractivity contribution < 1.29 is 23.4 Å². The van der Waals surface area contributed by atoms with Gasteiger partial charge < -0.3 is 24.8 Å². The average Bonchev–Trinajstić information content (AvgIpc) is 3.24. The minimum absolute atomic E-state index is 0.0396. The molecule has 2 fully saturated rings. The van der Waals surface area contributed by atoms with Crippen molar-refractivity contribution in [3.63, 3.8) is 0 Å². The summed E-state index contributed by atoms with van der Waals surface area (Å²) >= 11 is 0. The second-order valence-electron chi connectivity index (χ2n) is 8.95. The summed E-state index contributed by atoms with van der Waals surface area (Å²) in [4.78, 5) is 21.2. The molecule has 12 heteroatoms. The van der Waals surface area contributed by atoms with Crippen molar-refractivity contribution in [3.05, 3.63) is 35.4 Å². The number of methoxy groups -OCH3 is 1. The molecule has 3 aromatic rings. The maximum atomic E-state index is 15.0. The Kier molecular flexibility index (Phi) is 6.09. The molecule has 5 rings (SSSR count). The van der Waals surface area contributed by atoms with Crippen LogP contribution in [0.5, 0.6) is 0 Å². The van der Waals surface area contributed by atoms with Gasteiger partial charge in [-0.2, -0.15) is 5.10 Å². The molecule has 11 nitrogen and oxygen atoms in total. The number of amides is 1. The van der Waals surface area contributed by atoms with Crippen molar-refractivity contribution >= 4 is 23.5 Å². The molecule has 2 aliphatic rings. The highest BCUT2D eigenvalue weighted by molar-refractivity contribution is 5.67. The van der Waals surface area contributed by atoms with Gasteiger partial charge in [-0.3, -0.25) is 9.50 Å². The van der Waals surface area contributed by atoms with E-state index in [0.29, 0.717) is 30.0 Å². The first kappa shape index (κ1) is 22.5. The number of imidazole rings is 1. The van der Waals surface area contributed by atoms with Crippen molar-refractivity contribution in [2.45, 2.75) is 63.6 Å². The lowest BCUT2D eigenvalue weighted by Crippen LogP contribution is -2.36. The normalized spacial score (nSPS) is 22.4. The topological polar surface area (TPSA) is 128 Å². The van der Waals surface area contributed by atoms with Crippen LogP contribution in [0.1, 0.15) is 55.8 Å². The first-order chi connectivity index (χ1) is 16.4. The summed E-state index contributed by atoms with van der Waals surface area (Å²) in [6.07, 6.45) is -0.0403. The fourth-order valence-electron chi connectivity index (χ4n) is 3.96. The Hall–Kier alpha value is -3.25. The molecule has 0 aromatic carbocycles. The van der Waals surface area contributed by atoms with Crippen LogP contribution in [-0.2, 0) is 20.8 Å². The molecule has 1 amide bonds. The lowest BCUT2D eigenvalue weighted by atomic mass is 10.1. The van der Waals surface area contributed by atoms with Crippen molar-refractivity contribution in [1.82, 2.24) is 29.9 Å². The van der Waals surface area contributed by atoms with E-state index in [1.54, 1.807) is 27.0 Å². The zero-order chi connectivity index (χ0) is 23.8. The van der Waals surface area contributed by atoms with Gasteiger partial charge in [-0.15, -0.1) is 0 Å². The average molecular weight is 474 g/mol. The van der Waals surface area contributed by atoms with E-state index in [1.165, 1.54) is 0 Å². The van der Waals surface area contributed by atoms with Gasteiger partial charge in [0.25, 0.3) is 0 Å². The lowest BCUT2D eigenvalue weighted by molar-refractivity contribution is 0.0615. The number of rotatable bonds is 8. The summed E-state index contributed by atoms with van der Waals surface area (Å²) in [5, 5.41) is 12.9. The van der Waals surface area contributed by atoms with Gasteiger partial charge >= 0.3 is 6.09 Å². The van der Waals surface area contributed by atoms with E-state index in [4.69, 9.17) is 19.2 Å². The molecule has 1 saturated carbocycles. The van der Waals surface area contributed by atoms with E-state index >= 15 is 0 Å². The Morgan fingerprint density at radius 2 is 2.18 bits per heavy atom. The monoisotopic (exact) mass is 473 g/mol. The molecule has 4 heterocycles. The fourth-order valence-corrected chi connectivity index (χ4v) is 3.96. The smallest absolute Gasteiger partial charge is 0.407 e. The van der Waals surface area contributed by atoms with Gasteiger partial charge in [0.1, 0.15) is 11.8 Å². The number of H-pyrrole nitrogens is 1. The third kappa shape index (κ3) is 4.68. The SMILES string of the molecule is COCc1cn2c(Nc3cc([C@@H]4OC[C@H](OC(=O)NC(C)C)[C@H]4F)[nH]n3)nc(C3CC3)cc2n1. The molecule has 182 valence electrons. The molecule has 3 atom stereocenters. The molecule has 1 aliphatic carbocycles. The summed E-state index contributed by atoms with van der Waals surface area (Å²) in [6.45, 7) is 3.95. The molecule has 1 saturated heterocycles. The van der Waals surface area contributed by atoms with E-state index in [9.17, 15) is 9.18 Å². The molecule has 3 aromatic heterocycles. The van der Waals surface area contributed by atoms with Crippen LogP contribution in [0.3, 0.4) is 0 Å². The Balaban J connectivity index is 1.32. The number of anilines is 2. The Labute approximate surface area is 195 Å². The van der Waals surface area contributed by atoms with Gasteiger partial charge in [-0.05, 0) is 26.7 Å². The number of hydrogen-bond donors (Lipinski definition) is 3. The highest BCUT2D eigenvalue weighted by Gasteiger charge is 2.42. The molecule has 1 aliphatic heterocycles. The van der Waals surface area contributed by atoms with Crippen LogP contribution in [-0.4, -0.2) is 62.7 Å². The number of hydrogen-bond acceptors (Lipinski definition) is 8. The van der Waals surface area contributed by atoms with Crippen molar-refractivity contribution in [3.8, 4) is 0 Å². The minimum Gasteiger partial charge on any atom is -0.441 e. The van der Waals surface area contributed by atoms with E-state index in [0.717, 1.165) is 29.9 Å². The number of fused-ring (bicyclic) bond motifs is 1. The molecule has 3 N–H and O–H groups in total. The summed E-state index contributed by atoms with van der Waals surface area (Å²) in [5.74, 6) is 1.45. The zero-order valence-corrected chi connectivity index (χ0v) is 19.2. The summed E-state index contributed by atoms with van der Waals surface area (Å²) in [7, 11) is 1.62. The van der Waals surface area contributed by atoms with Crippen LogP contribution >= 0.6 is 0 Å². The Bertz CT molecular complexity index is 1180. The zero-order valence-electron chi connectivity index (χ0n) is 19.2. The first-order valence-electron chi connectivity index (χ1n) is 11.3. The number of ether oxygens (including phenoxy) is 3. The van der Waals surface area contributed by atoms with Gasteiger partial charge in [0.05, 0.1) is 30.3 Å². The number of halogens is 1. The van der Waals surface area contributed by atoms with Crippen LogP contribution in [0, 0.1) is 0 Å². The number of aromatic amines is 1. The molecular formula is C22H28FN7O4. The second-order valence-corrected chi connectivity index (χ2v) is 8.95. The molecule has 0 spiro atoms. The lowest BCUT2D eigenvalue weighted by Gasteiger charge is -2.16. The van der Waals surface area contributed by atoms with Crippen LogP contribution in [0.15, 0.2) is 18.3 Å². The molecular weight excluding hydrogens is 445 g/mol. The standard InChI is InChI=1S/C22H28FN7O4/c1-11(2)24-22(31)34-16-10-33-20(19(16)23)15-6-17(29-28-15)27-21-26-14(12-4-5-12)7-18-25-13(9-32-3)8-30(18)21/h6-8,11-12,16,19-20H,4-5,9-10H2,1-3H3,(H,24,31)(H2,26,27,28,29)/t16-,19+,20-/m0/s1. The highest BCUT2D eigenvalue weighted by Crippen LogP contribution is 2.40. The predicted octanol–water partition coefficient (Wildman–Crippen LogP) is 3.13. The minimum atomic E-state index is -1.53. The van der Waals surface area contributed by atoms with E-state index in [1.807, 2.05) is 16.7 Å². The van der Waals surface area contributed by atoms with Crippen molar-refractivity contribution in [1.29, 1.82) is 0 Å². The summed E-state index contributed by atoms with van der Waals surface area (Å²) < 4.78 is 32.8. The number of carbonyl (C=O) groups excluding carboxylic acids is 1. The van der Waals surface area contributed by atoms with Crippen molar-refractivity contribution in [2.24, 2.45) is 0 Å². The fraction of sp³-hybridized carbons (Fsp3) is 0.545. The van der Waals surface area contributed by atoms with Crippen LogP contribution < -0.4 is 10.6 Å². The van der Waals surface area contributed by atoms with E-state index < -0.39 is 24.5 Å². The third-order valence-corrected chi connectivity index (χ3v) is 5.70. The van der Waals surface area contributed by atoms with E-state index in [2.05, 4.69) is 25.8 Å². The van der Waals surface area contributed by atoms with Crippen LogP contribution in [0.2, 0.25) is 0 Å². The van der Waals surface area contributed by atoms with E-state index in [-0.39, 0.29) is 12.6 Å². The van der Waals surface area contributed by atoms with Gasteiger partial charge in [-0.25, -0.2) is 19.2 Å². The maximum absolute atomic E-state index is 15.0. The molecule has 0 unspecified atom stereocenters. The van der Waals surface area contributed by atoms with Crippen molar-refractivity contribution in [2.75, 3.05) is 19.0 Å².